The highest BCUT2D eigenvalue weighted by Gasteiger charge is 2.18. The summed E-state index contributed by atoms with van der Waals surface area (Å²) < 4.78 is 0. The number of nitrogens with zero attached hydrogens (tertiary/aromatic N) is 2. The maximum atomic E-state index is 11.8. The zero-order valence-corrected chi connectivity index (χ0v) is 12.0. The molecule has 0 aliphatic carbocycles. The Morgan fingerprint density at radius 3 is 2.95 bits per heavy atom. The van der Waals surface area contributed by atoms with Crippen molar-refractivity contribution in [1.82, 2.24) is 20.6 Å². The normalized spacial score (nSPS) is 12.1. The van der Waals surface area contributed by atoms with Gasteiger partial charge in [-0.2, -0.15) is 0 Å². The largest absolute Gasteiger partial charge is 0.341 e. The molecule has 100 valence electrons. The first kappa shape index (κ1) is 13.8. The summed E-state index contributed by atoms with van der Waals surface area (Å²) in [7, 11) is 1.46. The molecule has 0 saturated heterocycles. The highest BCUT2D eigenvalue weighted by molar-refractivity contribution is 8.00. The number of hydrogen-bond acceptors (Lipinski definition) is 6. The molecule has 0 aliphatic rings. The van der Waals surface area contributed by atoms with E-state index >= 15 is 0 Å². The van der Waals surface area contributed by atoms with E-state index in [9.17, 15) is 9.59 Å². The van der Waals surface area contributed by atoms with Crippen LogP contribution in [-0.4, -0.2) is 34.2 Å². The van der Waals surface area contributed by atoms with Crippen molar-refractivity contribution < 1.29 is 9.59 Å². The first-order valence-electron chi connectivity index (χ1n) is 5.49. The highest BCUT2D eigenvalue weighted by atomic mass is 32.2. The molecule has 0 radical (unpaired) electrons. The van der Waals surface area contributed by atoms with Crippen LogP contribution in [0.25, 0.3) is 10.2 Å². The van der Waals surface area contributed by atoms with Crippen molar-refractivity contribution in [3.8, 4) is 0 Å². The number of fused-ring (bicyclic) bond motifs is 1. The van der Waals surface area contributed by atoms with Crippen LogP contribution in [0.1, 0.15) is 6.92 Å². The van der Waals surface area contributed by atoms with Gasteiger partial charge >= 0.3 is 6.03 Å². The van der Waals surface area contributed by atoms with E-state index in [4.69, 9.17) is 0 Å². The fourth-order valence-electron chi connectivity index (χ4n) is 1.36. The predicted octanol–water partition coefficient (Wildman–Crippen LogP) is 1.63. The molecule has 2 aromatic rings. The topological polar surface area (TPSA) is 84.0 Å². The molecule has 6 nitrogen and oxygen atoms in total. The Balaban J connectivity index is 2.10. The lowest BCUT2D eigenvalue weighted by molar-refractivity contribution is -0.119. The number of aromatic nitrogens is 2. The second-order valence-electron chi connectivity index (χ2n) is 3.65. The van der Waals surface area contributed by atoms with Gasteiger partial charge in [0.2, 0.25) is 5.91 Å². The number of thioether (sulfide) groups is 1. The number of urea groups is 1. The van der Waals surface area contributed by atoms with Crippen LogP contribution in [-0.2, 0) is 4.79 Å². The van der Waals surface area contributed by atoms with Gasteiger partial charge in [0, 0.05) is 12.4 Å². The monoisotopic (exact) mass is 296 g/mol. The number of rotatable bonds is 3. The minimum atomic E-state index is -0.513. The Morgan fingerprint density at radius 1 is 1.42 bits per heavy atom. The van der Waals surface area contributed by atoms with Crippen LogP contribution < -0.4 is 10.6 Å². The molecule has 19 heavy (non-hydrogen) atoms. The summed E-state index contributed by atoms with van der Waals surface area (Å²) in [6.45, 7) is 1.73. The standard InChI is InChI=1S/C11H12N4O2S2/c1-6(8(16)15-11(17)12-2)19-10-7-3-4-18-9(7)13-5-14-10/h3-6H,1-2H3,(H2,12,15,16,17). The van der Waals surface area contributed by atoms with Gasteiger partial charge < -0.3 is 5.32 Å². The SMILES string of the molecule is CNC(=O)NC(=O)C(C)Sc1ncnc2sccc12. The molecule has 0 spiro atoms. The number of nitrogens with one attached hydrogen (secondary N) is 2. The molecule has 2 rings (SSSR count). The Labute approximate surface area is 118 Å². The lowest BCUT2D eigenvalue weighted by Crippen LogP contribution is -2.41. The van der Waals surface area contributed by atoms with Gasteiger partial charge in [-0.25, -0.2) is 14.8 Å². The van der Waals surface area contributed by atoms with Crippen molar-refractivity contribution in [2.75, 3.05) is 7.05 Å². The van der Waals surface area contributed by atoms with Gasteiger partial charge in [0.1, 0.15) is 16.2 Å². The Bertz CT molecular complexity index is 614. The van der Waals surface area contributed by atoms with E-state index in [0.29, 0.717) is 0 Å². The number of hydrogen-bond donors (Lipinski definition) is 2. The molecule has 3 amide bonds. The average molecular weight is 296 g/mol. The quantitative estimate of drug-likeness (QED) is 0.664. The molecule has 2 aromatic heterocycles. The predicted molar refractivity (Wildman–Crippen MR) is 75.3 cm³/mol. The molecule has 0 saturated carbocycles. The van der Waals surface area contributed by atoms with Crippen molar-refractivity contribution in [3.63, 3.8) is 0 Å². The second kappa shape index (κ2) is 5.98. The van der Waals surface area contributed by atoms with Crippen molar-refractivity contribution in [1.29, 1.82) is 0 Å². The molecular weight excluding hydrogens is 284 g/mol. The summed E-state index contributed by atoms with van der Waals surface area (Å²) in [5.74, 6) is -0.355. The molecule has 2 N–H and O–H groups in total. The summed E-state index contributed by atoms with van der Waals surface area (Å²) in [5, 5.41) is 7.75. The zero-order valence-electron chi connectivity index (χ0n) is 10.3. The number of carbonyl (C=O) groups excluding carboxylic acids is 2. The molecule has 0 bridgehead atoms. The minimum absolute atomic E-state index is 0.355. The molecule has 0 fully saturated rings. The third-order valence-electron chi connectivity index (χ3n) is 2.35. The average Bonchev–Trinajstić information content (AvgIpc) is 2.87. The van der Waals surface area contributed by atoms with Crippen molar-refractivity contribution in [2.24, 2.45) is 0 Å². The van der Waals surface area contributed by atoms with Gasteiger partial charge in [-0.05, 0) is 18.4 Å². The third-order valence-corrected chi connectivity index (χ3v) is 4.28. The lowest BCUT2D eigenvalue weighted by atomic mass is 10.4. The summed E-state index contributed by atoms with van der Waals surface area (Å²) in [6, 6.07) is 1.41. The van der Waals surface area contributed by atoms with Crippen LogP contribution in [0, 0.1) is 0 Å². The summed E-state index contributed by atoms with van der Waals surface area (Å²) >= 11 is 2.82. The first-order valence-corrected chi connectivity index (χ1v) is 7.25. The number of carbonyl (C=O) groups is 2. The van der Waals surface area contributed by atoms with E-state index in [0.717, 1.165) is 15.2 Å². The number of imide groups is 1. The molecule has 8 heteroatoms. The van der Waals surface area contributed by atoms with E-state index in [1.165, 1.54) is 36.5 Å². The van der Waals surface area contributed by atoms with E-state index in [-0.39, 0.29) is 5.91 Å². The maximum absolute atomic E-state index is 11.8. The van der Waals surface area contributed by atoms with E-state index in [1.54, 1.807) is 6.92 Å². The van der Waals surface area contributed by atoms with Gasteiger partial charge in [-0.1, -0.05) is 11.8 Å². The zero-order chi connectivity index (χ0) is 13.8. The lowest BCUT2D eigenvalue weighted by Gasteiger charge is -2.10. The van der Waals surface area contributed by atoms with E-state index in [1.807, 2.05) is 11.4 Å². The summed E-state index contributed by atoms with van der Waals surface area (Å²) in [4.78, 5) is 32.0. The van der Waals surface area contributed by atoms with Gasteiger partial charge in [-0.3, -0.25) is 10.1 Å². The summed E-state index contributed by atoms with van der Waals surface area (Å²) in [5.41, 5.74) is 0. The van der Waals surface area contributed by atoms with Crippen molar-refractivity contribution in [2.45, 2.75) is 17.2 Å². The van der Waals surface area contributed by atoms with Crippen LogP contribution in [0.5, 0.6) is 0 Å². The smallest absolute Gasteiger partial charge is 0.321 e. The summed E-state index contributed by atoms with van der Waals surface area (Å²) in [6.07, 6.45) is 1.48. The Hall–Kier alpha value is -1.67. The third kappa shape index (κ3) is 3.21. The highest BCUT2D eigenvalue weighted by Crippen LogP contribution is 2.30. The van der Waals surface area contributed by atoms with Crippen LogP contribution in [0.15, 0.2) is 22.8 Å². The molecule has 0 aromatic carbocycles. The van der Waals surface area contributed by atoms with Crippen molar-refractivity contribution in [3.05, 3.63) is 17.8 Å². The molecule has 1 atom stereocenters. The van der Waals surface area contributed by atoms with Gasteiger partial charge in [0.05, 0.1) is 5.25 Å². The molecule has 2 heterocycles. The van der Waals surface area contributed by atoms with Crippen molar-refractivity contribution >= 4 is 45.3 Å². The van der Waals surface area contributed by atoms with Crippen LogP contribution in [0.4, 0.5) is 4.79 Å². The molecule has 1 unspecified atom stereocenters. The van der Waals surface area contributed by atoms with Crippen LogP contribution in [0.3, 0.4) is 0 Å². The van der Waals surface area contributed by atoms with Gasteiger partial charge in [0.25, 0.3) is 0 Å². The van der Waals surface area contributed by atoms with E-state index < -0.39 is 11.3 Å². The molecule has 0 aliphatic heterocycles. The van der Waals surface area contributed by atoms with Crippen LogP contribution >= 0.6 is 23.1 Å². The Morgan fingerprint density at radius 2 is 2.21 bits per heavy atom. The minimum Gasteiger partial charge on any atom is -0.341 e. The fraction of sp³-hybridized carbons (Fsp3) is 0.273. The first-order chi connectivity index (χ1) is 9.11. The van der Waals surface area contributed by atoms with Gasteiger partial charge in [-0.15, -0.1) is 11.3 Å². The van der Waals surface area contributed by atoms with Crippen LogP contribution in [0.2, 0.25) is 0 Å². The second-order valence-corrected chi connectivity index (χ2v) is 5.87. The maximum Gasteiger partial charge on any atom is 0.321 e. The number of thiophene rings is 1. The number of amides is 3. The fourth-order valence-corrected chi connectivity index (χ4v) is 3.06. The van der Waals surface area contributed by atoms with Gasteiger partial charge in [0.15, 0.2) is 0 Å². The Kier molecular flexibility index (Phi) is 4.33. The van der Waals surface area contributed by atoms with E-state index in [2.05, 4.69) is 20.6 Å². The molecular formula is C11H12N4O2S2.